The smallest absolute Gasteiger partial charge is 0.337 e. The fraction of sp³-hybridized carbons (Fsp3) is 0.647. The van der Waals surface area contributed by atoms with E-state index in [4.69, 9.17) is 0 Å². The maximum absolute atomic E-state index is 11.6. The van der Waals surface area contributed by atoms with E-state index in [0.29, 0.717) is 5.56 Å². The first-order chi connectivity index (χ1) is 9.57. The lowest BCUT2D eigenvalue weighted by atomic mass is 9.47. The van der Waals surface area contributed by atoms with Gasteiger partial charge in [0.2, 0.25) is 0 Å². The Bertz CT molecular complexity index is 543. The number of aromatic nitrogens is 1. The molecule has 0 amide bonds. The van der Waals surface area contributed by atoms with Crippen LogP contribution in [0.1, 0.15) is 60.0 Å². The summed E-state index contributed by atoms with van der Waals surface area (Å²) in [5.41, 5.74) is 2.77. The molecule has 0 aromatic carbocycles. The zero-order valence-corrected chi connectivity index (χ0v) is 11.9. The van der Waals surface area contributed by atoms with Crippen LogP contribution in [-0.4, -0.2) is 16.1 Å². The largest absolute Gasteiger partial charge is 0.478 e. The summed E-state index contributed by atoms with van der Waals surface area (Å²) in [6, 6.07) is 0. The number of nitrogens with zero attached hydrogens (tertiary/aromatic N) is 1. The van der Waals surface area contributed by atoms with Crippen molar-refractivity contribution >= 4 is 5.97 Å². The molecule has 0 unspecified atom stereocenters. The van der Waals surface area contributed by atoms with E-state index in [2.05, 4.69) is 4.98 Å². The number of pyridine rings is 1. The first-order valence-corrected chi connectivity index (χ1v) is 7.76. The third kappa shape index (κ3) is 1.65. The van der Waals surface area contributed by atoms with Crippen LogP contribution in [0.2, 0.25) is 0 Å². The number of aromatic carboxylic acids is 1. The van der Waals surface area contributed by atoms with Crippen molar-refractivity contribution in [1.82, 2.24) is 4.98 Å². The molecule has 3 nitrogen and oxygen atoms in total. The van der Waals surface area contributed by atoms with E-state index in [9.17, 15) is 9.90 Å². The molecule has 0 saturated heterocycles. The van der Waals surface area contributed by atoms with Gasteiger partial charge < -0.3 is 5.11 Å². The van der Waals surface area contributed by atoms with E-state index < -0.39 is 5.97 Å². The quantitative estimate of drug-likeness (QED) is 0.894. The Morgan fingerprint density at radius 2 is 1.70 bits per heavy atom. The number of carbonyl (C=O) groups is 1. The summed E-state index contributed by atoms with van der Waals surface area (Å²) in [6.45, 7) is 2.04. The number of aryl methyl sites for hydroxylation is 1. The van der Waals surface area contributed by atoms with Gasteiger partial charge in [0.15, 0.2) is 0 Å². The zero-order valence-electron chi connectivity index (χ0n) is 11.9. The normalized spacial score (nSPS) is 38.1. The summed E-state index contributed by atoms with van der Waals surface area (Å²) >= 11 is 0. The van der Waals surface area contributed by atoms with Gasteiger partial charge in [-0.1, -0.05) is 0 Å². The van der Waals surface area contributed by atoms with Gasteiger partial charge in [-0.05, 0) is 79.7 Å². The molecule has 4 aliphatic carbocycles. The van der Waals surface area contributed by atoms with Gasteiger partial charge in [0.25, 0.3) is 0 Å². The summed E-state index contributed by atoms with van der Waals surface area (Å²) in [5, 5.41) is 9.55. The summed E-state index contributed by atoms with van der Waals surface area (Å²) in [5.74, 6) is 1.67. The van der Waals surface area contributed by atoms with Crippen LogP contribution in [0.4, 0.5) is 0 Å². The van der Waals surface area contributed by atoms with Crippen LogP contribution < -0.4 is 0 Å². The number of hydrogen-bond donors (Lipinski definition) is 1. The molecule has 3 heteroatoms. The molecule has 4 fully saturated rings. The average molecular weight is 271 g/mol. The van der Waals surface area contributed by atoms with Gasteiger partial charge in [-0.15, -0.1) is 0 Å². The molecule has 0 atom stereocenters. The second-order valence-corrected chi connectivity index (χ2v) is 7.38. The van der Waals surface area contributed by atoms with Crippen LogP contribution in [-0.2, 0) is 5.41 Å². The van der Waals surface area contributed by atoms with Crippen molar-refractivity contribution in [1.29, 1.82) is 0 Å². The number of hydrogen-bond acceptors (Lipinski definition) is 2. The molecule has 0 radical (unpaired) electrons. The van der Waals surface area contributed by atoms with Crippen molar-refractivity contribution in [3.8, 4) is 0 Å². The first kappa shape index (κ1) is 12.4. The van der Waals surface area contributed by atoms with Gasteiger partial charge >= 0.3 is 5.97 Å². The Hall–Kier alpha value is -1.38. The van der Waals surface area contributed by atoms with Gasteiger partial charge in [0.1, 0.15) is 0 Å². The Morgan fingerprint density at radius 1 is 1.15 bits per heavy atom. The monoisotopic (exact) mass is 271 g/mol. The molecular weight excluding hydrogens is 250 g/mol. The second-order valence-electron chi connectivity index (χ2n) is 7.38. The van der Waals surface area contributed by atoms with E-state index in [1.807, 2.05) is 13.1 Å². The standard InChI is InChI=1S/C17H21NO2/c1-10-8-18-9-14(16(19)20)15(10)17-5-11-2-12(6-17)4-13(3-11)7-17/h8-9,11-13H,2-7H2,1H3,(H,19,20). The minimum Gasteiger partial charge on any atom is -0.478 e. The zero-order chi connectivity index (χ0) is 13.9. The third-order valence-corrected chi connectivity index (χ3v) is 5.93. The van der Waals surface area contributed by atoms with Crippen molar-refractivity contribution in [2.45, 2.75) is 50.9 Å². The molecule has 0 spiro atoms. The van der Waals surface area contributed by atoms with Crippen LogP contribution in [0.3, 0.4) is 0 Å². The van der Waals surface area contributed by atoms with Gasteiger partial charge in [-0.3, -0.25) is 4.98 Å². The molecule has 1 heterocycles. The van der Waals surface area contributed by atoms with Gasteiger partial charge in [-0.2, -0.15) is 0 Å². The van der Waals surface area contributed by atoms with Crippen LogP contribution in [0.15, 0.2) is 12.4 Å². The fourth-order valence-electron chi connectivity index (χ4n) is 5.85. The minimum atomic E-state index is -0.813. The molecule has 106 valence electrons. The van der Waals surface area contributed by atoms with E-state index in [0.717, 1.165) is 28.9 Å². The van der Waals surface area contributed by atoms with Crippen LogP contribution >= 0.6 is 0 Å². The molecule has 4 saturated carbocycles. The Kier molecular flexibility index (Phi) is 2.51. The van der Waals surface area contributed by atoms with E-state index in [-0.39, 0.29) is 5.41 Å². The van der Waals surface area contributed by atoms with E-state index in [1.165, 1.54) is 38.5 Å². The van der Waals surface area contributed by atoms with Crippen molar-refractivity contribution in [2.75, 3.05) is 0 Å². The third-order valence-electron chi connectivity index (χ3n) is 5.93. The lowest BCUT2D eigenvalue weighted by molar-refractivity contribution is -0.00615. The predicted molar refractivity (Wildman–Crippen MR) is 75.8 cm³/mol. The Labute approximate surface area is 119 Å². The minimum absolute atomic E-state index is 0.134. The molecule has 1 N–H and O–H groups in total. The summed E-state index contributed by atoms with van der Waals surface area (Å²) in [7, 11) is 0. The predicted octanol–water partition coefficient (Wildman–Crippen LogP) is 3.56. The SMILES string of the molecule is Cc1cncc(C(=O)O)c1C12CC3CC(CC(C3)C1)C2. The Balaban J connectivity index is 1.87. The molecule has 4 bridgehead atoms. The molecule has 20 heavy (non-hydrogen) atoms. The van der Waals surface area contributed by atoms with Gasteiger partial charge in [0.05, 0.1) is 5.56 Å². The van der Waals surface area contributed by atoms with E-state index in [1.54, 1.807) is 6.20 Å². The molecule has 1 aromatic heterocycles. The molecule has 5 rings (SSSR count). The van der Waals surface area contributed by atoms with Crippen molar-refractivity contribution < 1.29 is 9.90 Å². The average Bonchev–Trinajstić information content (AvgIpc) is 2.36. The van der Waals surface area contributed by atoms with Crippen LogP contribution in [0.5, 0.6) is 0 Å². The maximum Gasteiger partial charge on any atom is 0.337 e. The topological polar surface area (TPSA) is 50.2 Å². The highest BCUT2D eigenvalue weighted by atomic mass is 16.4. The van der Waals surface area contributed by atoms with Crippen LogP contribution in [0.25, 0.3) is 0 Å². The maximum atomic E-state index is 11.6. The Morgan fingerprint density at radius 3 is 2.20 bits per heavy atom. The highest BCUT2D eigenvalue weighted by molar-refractivity contribution is 5.90. The number of rotatable bonds is 2. The first-order valence-electron chi connectivity index (χ1n) is 7.76. The summed E-state index contributed by atoms with van der Waals surface area (Å²) in [6.07, 6.45) is 11.1. The van der Waals surface area contributed by atoms with Crippen molar-refractivity contribution in [2.24, 2.45) is 17.8 Å². The summed E-state index contributed by atoms with van der Waals surface area (Å²) in [4.78, 5) is 15.7. The highest BCUT2D eigenvalue weighted by Crippen LogP contribution is 2.61. The molecule has 1 aromatic rings. The van der Waals surface area contributed by atoms with Gasteiger partial charge in [0, 0.05) is 12.4 Å². The lowest BCUT2D eigenvalue weighted by Gasteiger charge is -2.57. The summed E-state index contributed by atoms with van der Waals surface area (Å²) < 4.78 is 0. The molecule has 0 aliphatic heterocycles. The lowest BCUT2D eigenvalue weighted by Crippen LogP contribution is -2.49. The fourth-order valence-corrected chi connectivity index (χ4v) is 5.85. The van der Waals surface area contributed by atoms with Crippen LogP contribution in [0, 0.1) is 24.7 Å². The van der Waals surface area contributed by atoms with E-state index >= 15 is 0 Å². The number of carboxylic acids is 1. The highest BCUT2D eigenvalue weighted by Gasteiger charge is 2.53. The van der Waals surface area contributed by atoms with Gasteiger partial charge in [-0.25, -0.2) is 4.79 Å². The second kappa shape index (κ2) is 4.06. The molecule has 4 aliphatic rings. The van der Waals surface area contributed by atoms with Crippen molar-refractivity contribution in [3.63, 3.8) is 0 Å². The molecular formula is C17H21NO2. The number of carboxylic acid groups (broad SMARTS) is 1. The van der Waals surface area contributed by atoms with Crippen molar-refractivity contribution in [3.05, 3.63) is 29.1 Å².